The predicted molar refractivity (Wildman–Crippen MR) is 124 cm³/mol. The molecule has 3 aromatic heterocycles. The Morgan fingerprint density at radius 3 is 2.97 bits per heavy atom. The van der Waals surface area contributed by atoms with Gasteiger partial charge in [-0.1, -0.05) is 24.3 Å². The summed E-state index contributed by atoms with van der Waals surface area (Å²) in [5, 5.41) is 12.1. The number of nitrogens with two attached hydrogens (primary N) is 1. The molecule has 0 radical (unpaired) electrons. The van der Waals surface area contributed by atoms with Crippen molar-refractivity contribution in [3.8, 4) is 5.75 Å². The Hall–Kier alpha value is -3.50. The molecular weight excluding hydrogens is 447 g/mol. The van der Waals surface area contributed by atoms with Gasteiger partial charge in [-0.05, 0) is 6.07 Å². The van der Waals surface area contributed by atoms with Crippen molar-refractivity contribution < 1.29 is 19.0 Å². The highest BCUT2D eigenvalue weighted by Crippen LogP contribution is 2.45. The molecule has 4 heterocycles. The van der Waals surface area contributed by atoms with E-state index in [1.807, 2.05) is 17.1 Å². The first-order valence-electron chi connectivity index (χ1n) is 10.4. The zero-order valence-corrected chi connectivity index (χ0v) is 18.4. The molecule has 0 saturated carbocycles. The number of anilines is 1. The first kappa shape index (κ1) is 20.1. The van der Waals surface area contributed by atoms with Crippen LogP contribution in [-0.2, 0) is 0 Å². The zero-order valence-electron chi connectivity index (χ0n) is 17.5. The molecule has 0 amide bonds. The van der Waals surface area contributed by atoms with Gasteiger partial charge >= 0.3 is 6.16 Å². The monoisotopic (exact) mass is 466 g/mol. The number of allylic oxidation sites excluding steroid dienone is 2. The minimum absolute atomic E-state index is 0.0586. The molecule has 1 saturated heterocycles. The molecular formula is C23H19FN4O4S. The third-order valence-electron chi connectivity index (χ3n) is 6.93. The van der Waals surface area contributed by atoms with Crippen molar-refractivity contribution >= 4 is 49.8 Å². The largest absolute Gasteiger partial charge is 0.511 e. The van der Waals surface area contributed by atoms with Crippen LogP contribution >= 0.6 is 11.3 Å². The summed E-state index contributed by atoms with van der Waals surface area (Å²) in [7, 11) is 1.62. The van der Waals surface area contributed by atoms with Crippen LogP contribution in [-0.4, -0.2) is 42.3 Å². The van der Waals surface area contributed by atoms with Crippen molar-refractivity contribution in [3.05, 3.63) is 57.1 Å². The number of hydrogen-bond donors (Lipinski definition) is 2. The number of hydrogen-bond acceptors (Lipinski definition) is 7. The van der Waals surface area contributed by atoms with Gasteiger partial charge in [-0.25, -0.2) is 9.18 Å². The lowest BCUT2D eigenvalue weighted by Gasteiger charge is -2.30. The number of carbonyl (C=O) groups is 1. The summed E-state index contributed by atoms with van der Waals surface area (Å²) in [4.78, 5) is 31.2. The summed E-state index contributed by atoms with van der Waals surface area (Å²) >= 11 is 1.19. The van der Waals surface area contributed by atoms with Crippen LogP contribution in [0.4, 0.5) is 14.9 Å². The van der Waals surface area contributed by atoms with E-state index < -0.39 is 17.4 Å². The molecule has 2 unspecified atom stereocenters. The lowest BCUT2D eigenvalue weighted by molar-refractivity contribution is 0.144. The van der Waals surface area contributed by atoms with Gasteiger partial charge in [0.05, 0.1) is 32.9 Å². The van der Waals surface area contributed by atoms with Crippen LogP contribution in [0.5, 0.6) is 5.75 Å². The topological polar surface area (TPSA) is 110 Å². The first-order chi connectivity index (χ1) is 15.9. The van der Waals surface area contributed by atoms with Crippen LogP contribution < -0.4 is 26.2 Å². The Morgan fingerprint density at radius 1 is 1.45 bits per heavy atom. The molecule has 168 valence electrons. The fourth-order valence-electron chi connectivity index (χ4n) is 5.47. The first-order valence-corrected chi connectivity index (χ1v) is 11.3. The molecule has 33 heavy (non-hydrogen) atoms. The van der Waals surface area contributed by atoms with E-state index in [9.17, 15) is 9.59 Å². The number of rotatable bonds is 3. The van der Waals surface area contributed by atoms with Gasteiger partial charge in [-0.3, -0.25) is 14.2 Å². The molecule has 1 fully saturated rings. The number of benzene rings is 1. The van der Waals surface area contributed by atoms with E-state index in [1.54, 1.807) is 16.8 Å². The van der Waals surface area contributed by atoms with E-state index in [1.165, 1.54) is 17.4 Å². The van der Waals surface area contributed by atoms with Gasteiger partial charge in [-0.2, -0.15) is 0 Å². The van der Waals surface area contributed by atoms with Crippen LogP contribution in [0.1, 0.15) is 0 Å². The summed E-state index contributed by atoms with van der Waals surface area (Å²) in [6.07, 6.45) is 6.57. The van der Waals surface area contributed by atoms with Gasteiger partial charge in [-0.15, -0.1) is 11.3 Å². The summed E-state index contributed by atoms with van der Waals surface area (Å²) in [6.45, 7) is 1.54. The van der Waals surface area contributed by atoms with Crippen LogP contribution in [0, 0.1) is 17.2 Å². The maximum Gasteiger partial charge on any atom is 0.511 e. The van der Waals surface area contributed by atoms with Gasteiger partial charge in [0, 0.05) is 43.4 Å². The number of aromatic nitrogens is 1. The van der Waals surface area contributed by atoms with Crippen LogP contribution in [0.25, 0.3) is 26.6 Å². The standard InChI is InChI=1S/C23H19FN4O4S/c1-26-16-14-8-33-21-20(32-22(30)31)19(29)12-6-13(24)18(15(16)17(12)28(14)21)27-7-11-4-2-3-5-23(11,9-25)10-27/h2-6,8,11H,7,9-10,25H2,1H3,(H,30,31). The summed E-state index contributed by atoms with van der Waals surface area (Å²) in [6, 6.07) is 1.18. The number of pyridine rings is 1. The fourth-order valence-corrected chi connectivity index (χ4v) is 6.45. The number of ether oxygens (including phenoxy) is 1. The molecule has 6 rings (SSSR count). The van der Waals surface area contributed by atoms with Crippen molar-refractivity contribution in [2.45, 2.75) is 0 Å². The Bertz CT molecular complexity index is 1640. The van der Waals surface area contributed by atoms with Gasteiger partial charge in [0.1, 0.15) is 10.6 Å². The number of carboxylic acid groups (broad SMARTS) is 1. The predicted octanol–water partition coefficient (Wildman–Crippen LogP) is 2.78. The molecule has 1 aliphatic heterocycles. The van der Waals surface area contributed by atoms with Crippen molar-refractivity contribution in [1.82, 2.24) is 4.40 Å². The molecule has 4 aromatic rings. The second kappa shape index (κ2) is 6.75. The van der Waals surface area contributed by atoms with Crippen molar-refractivity contribution in [2.75, 3.05) is 31.6 Å². The van der Waals surface area contributed by atoms with E-state index in [0.29, 0.717) is 51.9 Å². The fraction of sp³-hybridized carbons (Fsp3) is 0.261. The van der Waals surface area contributed by atoms with Crippen LogP contribution in [0.15, 0.2) is 45.5 Å². The van der Waals surface area contributed by atoms with Crippen molar-refractivity contribution in [1.29, 1.82) is 0 Å². The second-order valence-electron chi connectivity index (χ2n) is 8.51. The Labute approximate surface area is 190 Å². The molecule has 0 spiro atoms. The van der Waals surface area contributed by atoms with E-state index in [0.717, 1.165) is 0 Å². The molecule has 1 aliphatic carbocycles. The third kappa shape index (κ3) is 2.50. The minimum atomic E-state index is -1.60. The van der Waals surface area contributed by atoms with Crippen molar-refractivity contribution in [2.24, 2.45) is 22.1 Å². The summed E-state index contributed by atoms with van der Waals surface area (Å²) in [5.74, 6) is -0.753. The Morgan fingerprint density at radius 2 is 2.27 bits per heavy atom. The molecule has 3 N–H and O–H groups in total. The highest BCUT2D eigenvalue weighted by molar-refractivity contribution is 7.16. The smallest absolute Gasteiger partial charge is 0.449 e. The highest BCUT2D eigenvalue weighted by Gasteiger charge is 2.45. The number of fused-ring (bicyclic) bond motifs is 1. The lowest BCUT2D eigenvalue weighted by atomic mass is 9.75. The van der Waals surface area contributed by atoms with Gasteiger partial charge in [0.25, 0.3) is 0 Å². The summed E-state index contributed by atoms with van der Waals surface area (Å²) in [5.41, 5.74) is 6.78. The van der Waals surface area contributed by atoms with Crippen LogP contribution in [0.3, 0.4) is 0 Å². The maximum absolute atomic E-state index is 15.8. The molecule has 10 heteroatoms. The average molecular weight is 466 g/mol. The van der Waals surface area contributed by atoms with Crippen molar-refractivity contribution in [3.63, 3.8) is 0 Å². The van der Waals surface area contributed by atoms with Gasteiger partial charge in [0.2, 0.25) is 11.2 Å². The average Bonchev–Trinajstić information content (AvgIpc) is 3.47. The van der Waals surface area contributed by atoms with E-state index >= 15 is 4.39 Å². The second-order valence-corrected chi connectivity index (χ2v) is 9.36. The number of nitrogens with zero attached hydrogens (tertiary/aromatic N) is 3. The Kier molecular flexibility index (Phi) is 4.12. The number of halogens is 1. The quantitative estimate of drug-likeness (QED) is 0.450. The molecule has 2 atom stereocenters. The van der Waals surface area contributed by atoms with Gasteiger partial charge in [0.15, 0.2) is 0 Å². The summed E-state index contributed by atoms with van der Waals surface area (Å²) < 4.78 is 22.4. The van der Waals surface area contributed by atoms with Crippen LogP contribution in [0.2, 0.25) is 0 Å². The molecule has 2 aliphatic rings. The molecule has 1 aromatic carbocycles. The molecule has 0 bridgehead atoms. The Balaban J connectivity index is 1.70. The number of thiazole rings is 1. The van der Waals surface area contributed by atoms with E-state index in [2.05, 4.69) is 17.1 Å². The molecule has 8 nitrogen and oxygen atoms in total. The third-order valence-corrected chi connectivity index (χ3v) is 7.87. The maximum atomic E-state index is 15.8. The minimum Gasteiger partial charge on any atom is -0.449 e. The van der Waals surface area contributed by atoms with Gasteiger partial charge < -0.3 is 20.5 Å². The normalized spacial score (nSPS) is 22.9. The SMILES string of the molecule is CN=c1c2c(N3CC4C=CC=CC4(CN)C3)c(F)cc3c(=O)c(OC(=O)O)c4scc1n4c32. The lowest BCUT2D eigenvalue weighted by Crippen LogP contribution is -2.37. The van der Waals surface area contributed by atoms with E-state index in [4.69, 9.17) is 15.6 Å². The highest BCUT2D eigenvalue weighted by atomic mass is 32.1. The zero-order chi connectivity index (χ0) is 23.1. The van der Waals surface area contributed by atoms with E-state index in [-0.39, 0.29) is 22.5 Å².